The van der Waals surface area contributed by atoms with E-state index in [1.54, 1.807) is 22.8 Å². The number of benzene rings is 2. The average molecular weight is 481 g/mol. The molecule has 5 aromatic rings. The number of thiophene rings is 1. The summed E-state index contributed by atoms with van der Waals surface area (Å²) in [4.78, 5) is 38.0. The molecule has 0 aliphatic heterocycles. The van der Waals surface area contributed by atoms with Crippen LogP contribution in [0.2, 0.25) is 5.02 Å². The van der Waals surface area contributed by atoms with E-state index in [0.29, 0.717) is 42.9 Å². The smallest absolute Gasteiger partial charge is 0.268 e. The number of thioether (sulfide) groups is 1. The van der Waals surface area contributed by atoms with Gasteiger partial charge in [-0.25, -0.2) is 9.97 Å². The molecule has 3 heterocycles. The Morgan fingerprint density at radius 1 is 1.09 bits per heavy atom. The Bertz CT molecular complexity index is 1620. The zero-order valence-corrected chi connectivity index (χ0v) is 19.6. The van der Waals surface area contributed by atoms with Gasteiger partial charge in [-0.05, 0) is 60.7 Å². The summed E-state index contributed by atoms with van der Waals surface area (Å²) in [7, 11) is 0. The monoisotopic (exact) mass is 480 g/mol. The first-order valence-corrected chi connectivity index (χ1v) is 12.0. The van der Waals surface area contributed by atoms with E-state index in [0.717, 1.165) is 16.8 Å². The van der Waals surface area contributed by atoms with Crippen LogP contribution in [0, 0.1) is 13.8 Å². The highest BCUT2D eigenvalue weighted by molar-refractivity contribution is 7.98. The van der Waals surface area contributed by atoms with E-state index in [1.807, 2.05) is 43.5 Å². The third-order valence-corrected chi connectivity index (χ3v) is 7.41. The van der Waals surface area contributed by atoms with Crippen LogP contribution in [-0.2, 0) is 5.75 Å². The van der Waals surface area contributed by atoms with Crippen LogP contribution in [-0.4, -0.2) is 19.5 Å². The van der Waals surface area contributed by atoms with E-state index >= 15 is 0 Å². The second-order valence-electron chi connectivity index (χ2n) is 7.35. The summed E-state index contributed by atoms with van der Waals surface area (Å²) in [5, 5.41) is 3.35. The van der Waals surface area contributed by atoms with Crippen molar-refractivity contribution in [2.75, 3.05) is 0 Å². The quantitative estimate of drug-likeness (QED) is 0.281. The van der Waals surface area contributed by atoms with Crippen molar-refractivity contribution in [2.24, 2.45) is 0 Å². The standard InChI is InChI=1S/C23H17ClN4O2S2/c1-12-4-3-5-18(13(12)2)28-22(30)15-7-6-14(24)10-17(15)26-23(28)32-11-19-25-16-8-9-31-20(16)21(29)27-19/h3-10H,11H2,1-2H3,(H,25,27,29). The lowest BCUT2D eigenvalue weighted by molar-refractivity contribution is 0.812. The number of rotatable bonds is 4. The van der Waals surface area contributed by atoms with Crippen LogP contribution in [0.4, 0.5) is 0 Å². The van der Waals surface area contributed by atoms with Crippen LogP contribution in [0.3, 0.4) is 0 Å². The first-order valence-electron chi connectivity index (χ1n) is 9.80. The third kappa shape index (κ3) is 3.64. The van der Waals surface area contributed by atoms with E-state index in [4.69, 9.17) is 16.6 Å². The molecule has 0 amide bonds. The average Bonchev–Trinajstić information content (AvgIpc) is 3.24. The number of aromatic amines is 1. The number of hydrogen-bond acceptors (Lipinski definition) is 6. The van der Waals surface area contributed by atoms with Gasteiger partial charge >= 0.3 is 0 Å². The topological polar surface area (TPSA) is 80.6 Å². The molecule has 0 radical (unpaired) electrons. The molecule has 6 nitrogen and oxygen atoms in total. The predicted octanol–water partition coefficient (Wildman–Crippen LogP) is 5.25. The Hall–Kier alpha value is -2.94. The van der Waals surface area contributed by atoms with Crippen molar-refractivity contribution in [1.82, 2.24) is 19.5 Å². The van der Waals surface area contributed by atoms with E-state index in [-0.39, 0.29) is 11.1 Å². The maximum Gasteiger partial charge on any atom is 0.268 e. The van der Waals surface area contributed by atoms with Gasteiger partial charge in [0.25, 0.3) is 11.1 Å². The minimum atomic E-state index is -0.169. The molecule has 160 valence electrons. The maximum atomic E-state index is 13.5. The number of hydrogen-bond donors (Lipinski definition) is 1. The molecule has 0 saturated heterocycles. The minimum Gasteiger partial charge on any atom is -0.309 e. The SMILES string of the molecule is Cc1cccc(-n2c(SCc3nc4ccsc4c(=O)[nH]3)nc3cc(Cl)ccc3c2=O)c1C. The molecule has 0 aliphatic carbocycles. The van der Waals surface area contributed by atoms with Gasteiger partial charge in [-0.3, -0.25) is 14.2 Å². The molecular formula is C23H17ClN4O2S2. The van der Waals surface area contributed by atoms with Crippen molar-refractivity contribution in [3.05, 3.63) is 90.5 Å². The van der Waals surface area contributed by atoms with Crippen molar-refractivity contribution in [3.8, 4) is 5.69 Å². The van der Waals surface area contributed by atoms with E-state index < -0.39 is 0 Å². The highest BCUT2D eigenvalue weighted by Crippen LogP contribution is 2.27. The zero-order valence-electron chi connectivity index (χ0n) is 17.2. The van der Waals surface area contributed by atoms with Crippen molar-refractivity contribution in [2.45, 2.75) is 24.8 Å². The van der Waals surface area contributed by atoms with Gasteiger partial charge in [-0.1, -0.05) is 35.5 Å². The molecule has 0 unspecified atom stereocenters. The first kappa shape index (κ1) is 20.9. The number of aryl methyl sites for hydroxylation is 1. The van der Waals surface area contributed by atoms with E-state index in [1.165, 1.54) is 23.1 Å². The fourth-order valence-electron chi connectivity index (χ4n) is 3.55. The number of aromatic nitrogens is 4. The Balaban J connectivity index is 1.67. The molecule has 0 fully saturated rings. The second-order valence-corrected chi connectivity index (χ2v) is 9.65. The van der Waals surface area contributed by atoms with Crippen molar-refractivity contribution >= 4 is 55.8 Å². The highest BCUT2D eigenvalue weighted by atomic mass is 35.5. The summed E-state index contributed by atoms with van der Waals surface area (Å²) < 4.78 is 2.23. The number of fused-ring (bicyclic) bond motifs is 2. The second kappa shape index (κ2) is 8.20. The summed E-state index contributed by atoms with van der Waals surface area (Å²) in [6, 6.07) is 12.8. The van der Waals surface area contributed by atoms with Gasteiger partial charge in [-0.15, -0.1) is 11.3 Å². The molecule has 0 bridgehead atoms. The van der Waals surface area contributed by atoms with Crippen LogP contribution in [0.5, 0.6) is 0 Å². The molecular weight excluding hydrogens is 464 g/mol. The Kier molecular flexibility index (Phi) is 5.36. The molecule has 0 atom stereocenters. The van der Waals surface area contributed by atoms with Crippen molar-refractivity contribution in [3.63, 3.8) is 0 Å². The molecule has 0 aliphatic rings. The summed E-state index contributed by atoms with van der Waals surface area (Å²) in [5.74, 6) is 0.878. The largest absolute Gasteiger partial charge is 0.309 e. The lowest BCUT2D eigenvalue weighted by Crippen LogP contribution is -2.23. The molecule has 0 spiro atoms. The molecule has 3 aromatic heterocycles. The lowest BCUT2D eigenvalue weighted by atomic mass is 10.1. The van der Waals surface area contributed by atoms with E-state index in [2.05, 4.69) is 9.97 Å². The van der Waals surface area contributed by atoms with Crippen molar-refractivity contribution < 1.29 is 0 Å². The highest BCUT2D eigenvalue weighted by Gasteiger charge is 2.17. The van der Waals surface area contributed by atoms with Gasteiger partial charge in [0.05, 0.1) is 27.9 Å². The van der Waals surface area contributed by atoms with Gasteiger partial charge in [-0.2, -0.15) is 0 Å². The molecule has 2 aromatic carbocycles. The number of H-pyrrole nitrogens is 1. The van der Waals surface area contributed by atoms with Gasteiger partial charge < -0.3 is 4.98 Å². The van der Waals surface area contributed by atoms with Gasteiger partial charge in [0.2, 0.25) is 0 Å². The summed E-state index contributed by atoms with van der Waals surface area (Å²) >= 11 is 8.86. The fourth-order valence-corrected chi connectivity index (χ4v) is 5.32. The zero-order chi connectivity index (χ0) is 22.4. The van der Waals surface area contributed by atoms with Gasteiger partial charge in [0, 0.05) is 5.02 Å². The van der Waals surface area contributed by atoms with Crippen LogP contribution < -0.4 is 11.1 Å². The summed E-state index contributed by atoms with van der Waals surface area (Å²) in [6.45, 7) is 4.00. The molecule has 5 rings (SSSR count). The van der Waals surface area contributed by atoms with Crippen LogP contribution in [0.1, 0.15) is 17.0 Å². The molecule has 9 heteroatoms. The van der Waals surface area contributed by atoms with Crippen LogP contribution >= 0.6 is 34.7 Å². The van der Waals surface area contributed by atoms with Gasteiger partial charge in [0.15, 0.2) is 5.16 Å². The van der Waals surface area contributed by atoms with Crippen LogP contribution in [0.15, 0.2) is 62.6 Å². The number of halogens is 1. The Morgan fingerprint density at radius 3 is 2.78 bits per heavy atom. The molecule has 1 N–H and O–H groups in total. The Morgan fingerprint density at radius 2 is 1.94 bits per heavy atom. The fraction of sp³-hybridized carbons (Fsp3) is 0.130. The first-order chi connectivity index (χ1) is 15.4. The normalized spacial score (nSPS) is 11.5. The third-order valence-electron chi connectivity index (χ3n) is 5.32. The van der Waals surface area contributed by atoms with Crippen LogP contribution in [0.25, 0.3) is 26.8 Å². The molecule has 32 heavy (non-hydrogen) atoms. The minimum absolute atomic E-state index is 0.161. The van der Waals surface area contributed by atoms with E-state index in [9.17, 15) is 9.59 Å². The Labute approximate surface area is 195 Å². The lowest BCUT2D eigenvalue weighted by Gasteiger charge is -2.16. The maximum absolute atomic E-state index is 13.5. The summed E-state index contributed by atoms with van der Waals surface area (Å²) in [6.07, 6.45) is 0. The van der Waals surface area contributed by atoms with Gasteiger partial charge in [0.1, 0.15) is 10.5 Å². The molecule has 0 saturated carbocycles. The predicted molar refractivity (Wildman–Crippen MR) is 132 cm³/mol. The number of nitrogens with zero attached hydrogens (tertiary/aromatic N) is 3. The summed E-state index contributed by atoms with van der Waals surface area (Å²) in [5.41, 5.74) is 3.72. The number of nitrogens with one attached hydrogen (secondary N) is 1. The van der Waals surface area contributed by atoms with Crippen molar-refractivity contribution in [1.29, 1.82) is 0 Å².